The predicted octanol–water partition coefficient (Wildman–Crippen LogP) is 5.70. The first-order valence-electron chi connectivity index (χ1n) is 18.4. The molecule has 2 atom stereocenters. The molecule has 4 heterocycles. The van der Waals surface area contributed by atoms with Gasteiger partial charge in [0.2, 0.25) is 0 Å². The zero-order valence-electron chi connectivity index (χ0n) is 29.6. The molecule has 2 unspecified atom stereocenters. The number of halogens is 3. The first kappa shape index (κ1) is 35.4. The quantitative estimate of drug-likeness (QED) is 0.148. The van der Waals surface area contributed by atoms with E-state index in [-0.39, 0.29) is 75.4 Å². The molecule has 3 saturated heterocycles. The van der Waals surface area contributed by atoms with Crippen molar-refractivity contribution in [1.29, 1.82) is 0 Å². The normalized spacial score (nSPS) is 21.2. The standard InChI is InChI=1S/C40H42F3N5O5/c1-3-28-31(41)8-5-23-15-26(49)16-29(34(23)28)35-32(42)17-30-37(36(35)43)45-39(46-38(30)48-18-24-6-7-25(19-48)44-24)53-22-40(11-12-40)21-47-13-9-27(10-14-47)52-20-33(50)51-4-2/h1,5,8,15-17,24-25,27,44,49H,4,6-7,9-14,18-22H2,2H3. The number of anilines is 1. The molecule has 1 saturated carbocycles. The largest absolute Gasteiger partial charge is 0.508 e. The van der Waals surface area contributed by atoms with Gasteiger partial charge in [0.25, 0.3) is 0 Å². The summed E-state index contributed by atoms with van der Waals surface area (Å²) in [4.78, 5) is 25.5. The number of nitrogens with one attached hydrogen (secondary N) is 1. The Morgan fingerprint density at radius 3 is 2.51 bits per heavy atom. The molecule has 0 spiro atoms. The summed E-state index contributed by atoms with van der Waals surface area (Å²) in [6, 6.07) is 6.78. The topological polar surface area (TPSA) is 109 Å². The molecule has 4 fully saturated rings. The van der Waals surface area contributed by atoms with Crippen molar-refractivity contribution in [2.45, 2.75) is 63.6 Å². The second-order valence-electron chi connectivity index (χ2n) is 14.9. The molecule has 278 valence electrons. The highest BCUT2D eigenvalue weighted by Crippen LogP contribution is 2.47. The number of carbonyl (C=O) groups excluding carboxylic acids is 1. The Morgan fingerprint density at radius 1 is 1.06 bits per heavy atom. The number of aromatic nitrogens is 2. The fourth-order valence-electron chi connectivity index (χ4n) is 8.28. The first-order chi connectivity index (χ1) is 25.6. The van der Waals surface area contributed by atoms with Crippen LogP contribution in [0.5, 0.6) is 11.8 Å². The number of carbonyl (C=O) groups is 1. The average molecular weight is 730 g/mol. The summed E-state index contributed by atoms with van der Waals surface area (Å²) in [7, 11) is 0. The number of likely N-dealkylation sites (tertiary alicyclic amines) is 1. The number of hydrogen-bond acceptors (Lipinski definition) is 10. The van der Waals surface area contributed by atoms with E-state index in [4.69, 9.17) is 25.6 Å². The van der Waals surface area contributed by atoms with E-state index >= 15 is 8.78 Å². The maximum absolute atomic E-state index is 17.0. The highest BCUT2D eigenvalue weighted by Gasteiger charge is 2.45. The number of ether oxygens (including phenoxy) is 3. The summed E-state index contributed by atoms with van der Waals surface area (Å²) in [5.74, 6) is -0.531. The van der Waals surface area contributed by atoms with Crippen molar-refractivity contribution >= 4 is 33.5 Å². The van der Waals surface area contributed by atoms with Gasteiger partial charge < -0.3 is 34.4 Å². The summed E-state index contributed by atoms with van der Waals surface area (Å²) >= 11 is 0. The number of hydrogen-bond donors (Lipinski definition) is 2. The van der Waals surface area contributed by atoms with Crippen LogP contribution in [0.2, 0.25) is 0 Å². The smallest absolute Gasteiger partial charge is 0.332 e. The molecule has 2 N–H and O–H groups in total. The summed E-state index contributed by atoms with van der Waals surface area (Å²) in [6.07, 6.45) is 11.2. The summed E-state index contributed by atoms with van der Waals surface area (Å²) in [5, 5.41) is 14.8. The van der Waals surface area contributed by atoms with Crippen LogP contribution in [0.15, 0.2) is 30.3 Å². The number of esters is 1. The van der Waals surface area contributed by atoms with Gasteiger partial charge in [-0.25, -0.2) is 18.0 Å². The van der Waals surface area contributed by atoms with Crippen LogP contribution in [0.3, 0.4) is 0 Å². The number of rotatable bonds is 11. The Morgan fingerprint density at radius 2 is 1.81 bits per heavy atom. The Kier molecular flexibility index (Phi) is 9.55. The first-order valence-corrected chi connectivity index (χ1v) is 18.4. The van der Waals surface area contributed by atoms with Crippen LogP contribution in [0.4, 0.5) is 19.0 Å². The highest BCUT2D eigenvalue weighted by atomic mass is 19.1. The van der Waals surface area contributed by atoms with Crippen molar-refractivity contribution in [2.75, 3.05) is 57.4 Å². The Hall–Kier alpha value is -4.64. The molecule has 1 aliphatic carbocycles. The zero-order valence-corrected chi connectivity index (χ0v) is 29.6. The third kappa shape index (κ3) is 7.07. The molecule has 2 bridgehead atoms. The van der Waals surface area contributed by atoms with E-state index in [2.05, 4.69) is 21.1 Å². The number of terminal acetylenes is 1. The number of fused-ring (bicyclic) bond motifs is 4. The Bertz CT molecular complexity index is 2100. The lowest BCUT2D eigenvalue weighted by molar-refractivity contribution is -0.151. The SMILES string of the molecule is C#Cc1c(F)ccc2cc(O)cc(-c3c(F)cc4c(N5CC6CCC(C5)N6)nc(OCC5(CN6CCC(OCC(=O)OCC)CC6)CC5)nc4c3F)c12. The molecule has 4 aromatic rings. The van der Waals surface area contributed by atoms with Gasteiger partial charge in [0.15, 0.2) is 5.82 Å². The summed E-state index contributed by atoms with van der Waals surface area (Å²) < 4.78 is 65.3. The second kappa shape index (κ2) is 14.3. The molecule has 3 aliphatic heterocycles. The van der Waals surface area contributed by atoms with E-state index in [1.165, 1.54) is 24.3 Å². The van der Waals surface area contributed by atoms with Gasteiger partial charge >= 0.3 is 12.0 Å². The van der Waals surface area contributed by atoms with Gasteiger partial charge in [-0.2, -0.15) is 9.97 Å². The monoisotopic (exact) mass is 729 g/mol. The average Bonchev–Trinajstić information content (AvgIpc) is 3.83. The fourth-order valence-corrected chi connectivity index (χ4v) is 8.28. The third-order valence-corrected chi connectivity index (χ3v) is 11.1. The van der Waals surface area contributed by atoms with Crippen LogP contribution in [0.25, 0.3) is 32.8 Å². The van der Waals surface area contributed by atoms with Crippen molar-refractivity contribution < 1.29 is 37.3 Å². The van der Waals surface area contributed by atoms with Gasteiger partial charge in [0.05, 0.1) is 30.4 Å². The van der Waals surface area contributed by atoms with Crippen LogP contribution in [-0.2, 0) is 14.3 Å². The minimum absolute atomic E-state index is 0.00588. The van der Waals surface area contributed by atoms with E-state index in [9.17, 15) is 14.3 Å². The van der Waals surface area contributed by atoms with Crippen LogP contribution in [0, 0.1) is 35.2 Å². The minimum atomic E-state index is -0.986. The molecule has 8 rings (SSSR count). The summed E-state index contributed by atoms with van der Waals surface area (Å²) in [6.45, 7) is 6.05. The van der Waals surface area contributed by atoms with E-state index in [1.54, 1.807) is 6.92 Å². The number of aromatic hydroxyl groups is 1. The molecule has 0 amide bonds. The lowest BCUT2D eigenvalue weighted by Crippen LogP contribution is -2.51. The van der Waals surface area contributed by atoms with Gasteiger partial charge in [-0.1, -0.05) is 12.0 Å². The van der Waals surface area contributed by atoms with Crippen molar-refractivity contribution in [1.82, 2.24) is 20.2 Å². The van der Waals surface area contributed by atoms with Crippen molar-refractivity contribution in [3.63, 3.8) is 0 Å². The predicted molar refractivity (Wildman–Crippen MR) is 193 cm³/mol. The number of nitrogens with zero attached hydrogens (tertiary/aromatic N) is 4. The maximum atomic E-state index is 17.0. The van der Waals surface area contributed by atoms with Gasteiger partial charge in [-0.3, -0.25) is 0 Å². The number of piperidine rings is 1. The summed E-state index contributed by atoms with van der Waals surface area (Å²) in [5.41, 5.74) is -0.988. The van der Waals surface area contributed by atoms with Crippen molar-refractivity contribution in [3.05, 3.63) is 53.3 Å². The van der Waals surface area contributed by atoms with Crippen LogP contribution < -0.4 is 15.0 Å². The lowest BCUT2D eigenvalue weighted by Gasteiger charge is -2.35. The van der Waals surface area contributed by atoms with Crippen LogP contribution >= 0.6 is 0 Å². The molecule has 3 aromatic carbocycles. The van der Waals surface area contributed by atoms with Crippen LogP contribution in [-0.4, -0.2) is 96.7 Å². The van der Waals surface area contributed by atoms with Gasteiger partial charge in [0, 0.05) is 66.6 Å². The third-order valence-electron chi connectivity index (χ3n) is 11.1. The van der Waals surface area contributed by atoms with Crippen LogP contribution in [0.1, 0.15) is 51.0 Å². The molecule has 13 heteroatoms. The number of phenolic OH excluding ortho intramolecular Hbond substituents is 1. The molecule has 1 aromatic heterocycles. The van der Waals surface area contributed by atoms with Gasteiger partial charge in [0.1, 0.15) is 35.3 Å². The van der Waals surface area contributed by atoms with Gasteiger partial charge in [-0.05, 0) is 75.1 Å². The zero-order chi connectivity index (χ0) is 36.9. The van der Waals surface area contributed by atoms with Crippen molar-refractivity contribution in [3.8, 4) is 35.2 Å². The van der Waals surface area contributed by atoms with Gasteiger partial charge in [-0.15, -0.1) is 6.42 Å². The molecule has 4 aliphatic rings. The maximum Gasteiger partial charge on any atom is 0.332 e. The van der Waals surface area contributed by atoms with E-state index < -0.39 is 23.0 Å². The van der Waals surface area contributed by atoms with E-state index in [1.807, 2.05) is 4.90 Å². The highest BCUT2D eigenvalue weighted by molar-refractivity contribution is 6.04. The molecule has 10 nitrogen and oxygen atoms in total. The van der Waals surface area contributed by atoms with E-state index in [0.29, 0.717) is 37.5 Å². The molecule has 0 radical (unpaired) electrons. The number of piperazine rings is 1. The molecule has 53 heavy (non-hydrogen) atoms. The number of benzene rings is 3. The molecular weight excluding hydrogens is 687 g/mol. The lowest BCUT2D eigenvalue weighted by atomic mass is 9.92. The fraction of sp³-hybridized carbons (Fsp3) is 0.475. The molecular formula is C40H42F3N5O5. The Labute approximate surface area is 305 Å². The second-order valence-corrected chi connectivity index (χ2v) is 14.9. The minimum Gasteiger partial charge on any atom is -0.508 e. The van der Waals surface area contributed by atoms with E-state index in [0.717, 1.165) is 64.2 Å². The van der Waals surface area contributed by atoms with Crippen molar-refractivity contribution in [2.24, 2.45) is 5.41 Å². The Balaban J connectivity index is 1.10. The number of phenols is 1.